The van der Waals surface area contributed by atoms with Gasteiger partial charge in [-0.3, -0.25) is 0 Å². The van der Waals surface area contributed by atoms with Crippen molar-refractivity contribution >= 4 is 28.7 Å². The summed E-state index contributed by atoms with van der Waals surface area (Å²) in [6, 6.07) is 25.6. The van der Waals surface area contributed by atoms with Gasteiger partial charge in [0, 0.05) is 11.1 Å². The maximum atomic E-state index is 12.6. The van der Waals surface area contributed by atoms with E-state index in [0.717, 1.165) is 27.5 Å². The third-order valence-electron chi connectivity index (χ3n) is 5.88. The molecule has 0 unspecified atom stereocenters. The molecule has 0 saturated heterocycles. The molecule has 4 aromatic carbocycles. The molecule has 0 amide bonds. The lowest BCUT2D eigenvalue weighted by atomic mass is 10.00. The Morgan fingerprint density at radius 1 is 0.650 bits per heavy atom. The standard InChI is InChI=1S/C33H28O7/c1-21(2)31(34)37-19-23-5-6-28-18-27(8-7-26(28)17-23)24-9-15-30(16-10-24)40-33(36)25-11-13-29(14-12-25)38-20-39-32(35)22(3)4/h5-18H,1,3,19-20H2,2,4H3. The SMILES string of the molecule is C=C(C)C(=O)OCOc1ccc(C(=O)Oc2ccc(-c3ccc4cc(COC(=O)C(=C)C)ccc4c3)cc2)cc1. The quantitative estimate of drug-likeness (QED) is 0.0953. The summed E-state index contributed by atoms with van der Waals surface area (Å²) in [5.74, 6) is -0.610. The lowest BCUT2D eigenvalue weighted by molar-refractivity contribution is -0.145. The first kappa shape index (κ1) is 27.9. The molecule has 0 aliphatic rings. The number of carbonyl (C=O) groups is 3. The van der Waals surface area contributed by atoms with Crippen LogP contribution in [0.3, 0.4) is 0 Å². The molecule has 7 nitrogen and oxygen atoms in total. The normalized spacial score (nSPS) is 10.4. The molecule has 202 valence electrons. The molecule has 0 bridgehead atoms. The Hall–Kier alpha value is -5.17. The lowest BCUT2D eigenvalue weighted by Crippen LogP contribution is -2.11. The van der Waals surface area contributed by atoms with E-state index in [-0.39, 0.29) is 19.0 Å². The predicted octanol–water partition coefficient (Wildman–Crippen LogP) is 6.80. The van der Waals surface area contributed by atoms with Crippen LogP contribution in [0.1, 0.15) is 29.8 Å². The van der Waals surface area contributed by atoms with Crippen LogP contribution in [0.15, 0.2) is 109 Å². The smallest absolute Gasteiger partial charge is 0.343 e. The van der Waals surface area contributed by atoms with Crippen molar-refractivity contribution < 1.29 is 33.3 Å². The largest absolute Gasteiger partial charge is 0.457 e. The van der Waals surface area contributed by atoms with E-state index >= 15 is 0 Å². The highest BCUT2D eigenvalue weighted by Crippen LogP contribution is 2.27. The van der Waals surface area contributed by atoms with Gasteiger partial charge < -0.3 is 18.9 Å². The monoisotopic (exact) mass is 536 g/mol. The molecular formula is C33H28O7. The second-order valence-electron chi connectivity index (χ2n) is 9.17. The first-order chi connectivity index (χ1) is 19.2. The Labute approximate surface area is 232 Å². The summed E-state index contributed by atoms with van der Waals surface area (Å²) in [4.78, 5) is 35.6. The number of rotatable bonds is 10. The van der Waals surface area contributed by atoms with Crippen molar-refractivity contribution in [3.8, 4) is 22.6 Å². The second kappa shape index (κ2) is 12.6. The number of esters is 3. The minimum Gasteiger partial charge on any atom is -0.457 e. The van der Waals surface area contributed by atoms with Gasteiger partial charge in [-0.05, 0) is 89.8 Å². The molecule has 0 atom stereocenters. The predicted molar refractivity (Wildman–Crippen MR) is 152 cm³/mol. The molecular weight excluding hydrogens is 508 g/mol. The fourth-order valence-corrected chi connectivity index (χ4v) is 3.68. The van der Waals surface area contributed by atoms with Crippen LogP contribution in [0.25, 0.3) is 21.9 Å². The molecule has 4 rings (SSSR count). The van der Waals surface area contributed by atoms with Crippen molar-refractivity contribution in [1.82, 2.24) is 0 Å². The van der Waals surface area contributed by atoms with Crippen molar-refractivity contribution in [2.45, 2.75) is 20.5 Å². The van der Waals surface area contributed by atoms with Crippen LogP contribution in [-0.4, -0.2) is 24.7 Å². The van der Waals surface area contributed by atoms with Crippen LogP contribution < -0.4 is 9.47 Å². The van der Waals surface area contributed by atoms with Crippen LogP contribution >= 0.6 is 0 Å². The van der Waals surface area contributed by atoms with E-state index in [9.17, 15) is 14.4 Å². The number of carbonyl (C=O) groups excluding carboxylic acids is 3. The average molecular weight is 537 g/mol. The van der Waals surface area contributed by atoms with Crippen LogP contribution in [-0.2, 0) is 25.7 Å². The van der Waals surface area contributed by atoms with Gasteiger partial charge in [-0.25, -0.2) is 14.4 Å². The highest BCUT2D eigenvalue weighted by atomic mass is 16.7. The van der Waals surface area contributed by atoms with Gasteiger partial charge in [-0.1, -0.05) is 49.6 Å². The molecule has 7 heteroatoms. The Morgan fingerprint density at radius 2 is 1.23 bits per heavy atom. The van der Waals surface area contributed by atoms with Gasteiger partial charge in [0.05, 0.1) is 5.56 Å². The maximum Gasteiger partial charge on any atom is 0.343 e. The number of hydrogen-bond donors (Lipinski definition) is 0. The average Bonchev–Trinajstić information content (AvgIpc) is 2.96. The summed E-state index contributed by atoms with van der Waals surface area (Å²) in [5.41, 5.74) is 3.87. The molecule has 0 fully saturated rings. The maximum absolute atomic E-state index is 12.6. The number of ether oxygens (including phenoxy) is 4. The van der Waals surface area contributed by atoms with E-state index < -0.39 is 17.9 Å². The Bertz CT molecular complexity index is 1580. The van der Waals surface area contributed by atoms with Gasteiger partial charge >= 0.3 is 17.9 Å². The summed E-state index contributed by atoms with van der Waals surface area (Å²) >= 11 is 0. The third-order valence-corrected chi connectivity index (χ3v) is 5.88. The van der Waals surface area contributed by atoms with Gasteiger partial charge in [-0.15, -0.1) is 0 Å². The van der Waals surface area contributed by atoms with E-state index in [0.29, 0.717) is 22.6 Å². The first-order valence-corrected chi connectivity index (χ1v) is 12.4. The highest BCUT2D eigenvalue weighted by molar-refractivity contribution is 5.91. The first-order valence-electron chi connectivity index (χ1n) is 12.4. The van der Waals surface area contributed by atoms with Gasteiger partial charge in [0.25, 0.3) is 0 Å². The van der Waals surface area contributed by atoms with Gasteiger partial charge in [-0.2, -0.15) is 0 Å². The van der Waals surface area contributed by atoms with Crippen molar-refractivity contribution in [2.75, 3.05) is 6.79 Å². The topological polar surface area (TPSA) is 88.1 Å². The summed E-state index contributed by atoms with van der Waals surface area (Å²) < 4.78 is 21.0. The molecule has 0 radical (unpaired) electrons. The highest BCUT2D eigenvalue weighted by Gasteiger charge is 2.11. The molecule has 0 aliphatic heterocycles. The summed E-state index contributed by atoms with van der Waals surface area (Å²) in [6.07, 6.45) is 0. The summed E-state index contributed by atoms with van der Waals surface area (Å²) in [5, 5.41) is 2.08. The van der Waals surface area contributed by atoms with E-state index in [1.165, 1.54) is 0 Å². The lowest BCUT2D eigenvalue weighted by Gasteiger charge is -2.09. The van der Waals surface area contributed by atoms with Crippen LogP contribution in [0.2, 0.25) is 0 Å². The zero-order valence-corrected chi connectivity index (χ0v) is 22.3. The zero-order valence-electron chi connectivity index (χ0n) is 22.3. The van der Waals surface area contributed by atoms with Crippen LogP contribution in [0, 0.1) is 0 Å². The minimum absolute atomic E-state index is 0.189. The van der Waals surface area contributed by atoms with Crippen molar-refractivity contribution in [3.63, 3.8) is 0 Å². The second-order valence-corrected chi connectivity index (χ2v) is 9.17. The molecule has 0 saturated carbocycles. The number of hydrogen-bond acceptors (Lipinski definition) is 7. The Balaban J connectivity index is 1.35. The minimum atomic E-state index is -0.541. The zero-order chi connectivity index (χ0) is 28.6. The Kier molecular flexibility index (Phi) is 8.76. The van der Waals surface area contributed by atoms with Crippen molar-refractivity contribution in [2.24, 2.45) is 0 Å². The summed E-state index contributed by atoms with van der Waals surface area (Å²) in [6.45, 7) is 10.2. The molecule has 0 aliphatic carbocycles. The Morgan fingerprint density at radius 3 is 1.90 bits per heavy atom. The molecule has 0 spiro atoms. The molecule has 0 aromatic heterocycles. The van der Waals surface area contributed by atoms with Gasteiger partial charge in [0.15, 0.2) is 0 Å². The van der Waals surface area contributed by atoms with Gasteiger partial charge in [0.1, 0.15) is 18.1 Å². The number of fused-ring (bicyclic) bond motifs is 1. The van der Waals surface area contributed by atoms with E-state index in [1.807, 2.05) is 42.5 Å². The fourth-order valence-electron chi connectivity index (χ4n) is 3.68. The van der Waals surface area contributed by atoms with Crippen LogP contribution in [0.5, 0.6) is 11.5 Å². The third kappa shape index (κ3) is 7.23. The van der Waals surface area contributed by atoms with Crippen molar-refractivity contribution in [3.05, 3.63) is 120 Å². The van der Waals surface area contributed by atoms with E-state index in [4.69, 9.17) is 18.9 Å². The van der Waals surface area contributed by atoms with E-state index in [1.54, 1.807) is 50.2 Å². The molecule has 0 N–H and O–H groups in total. The van der Waals surface area contributed by atoms with Crippen molar-refractivity contribution in [1.29, 1.82) is 0 Å². The molecule has 4 aromatic rings. The number of benzene rings is 4. The molecule has 0 heterocycles. The summed E-state index contributed by atoms with van der Waals surface area (Å²) in [7, 11) is 0. The van der Waals surface area contributed by atoms with Crippen LogP contribution in [0.4, 0.5) is 0 Å². The fraction of sp³-hybridized carbons (Fsp3) is 0.121. The van der Waals surface area contributed by atoms with Gasteiger partial charge in [0.2, 0.25) is 6.79 Å². The van der Waals surface area contributed by atoms with E-state index in [2.05, 4.69) is 19.2 Å². The molecule has 40 heavy (non-hydrogen) atoms.